The van der Waals surface area contributed by atoms with Crippen LogP contribution < -0.4 is 0 Å². The lowest BCUT2D eigenvalue weighted by Gasteiger charge is -2.32. The van der Waals surface area contributed by atoms with E-state index in [-0.39, 0.29) is 27.8 Å². The lowest BCUT2D eigenvalue weighted by Crippen LogP contribution is -2.20. The van der Waals surface area contributed by atoms with Crippen LogP contribution in [0.1, 0.15) is 145 Å². The third-order valence-electron chi connectivity index (χ3n) is 9.75. The van der Waals surface area contributed by atoms with Gasteiger partial charge < -0.3 is 14.4 Å². The summed E-state index contributed by atoms with van der Waals surface area (Å²) in [5.74, 6) is 2.22. The van der Waals surface area contributed by atoms with Gasteiger partial charge in [-0.1, -0.05) is 128 Å². The SMILES string of the molecule is C#C/C(C(=O)OCC)=C1/C=C(CCC(CC)CCCC)CC(C)(C)C1.CCCCCCCCOC(=O)/C(=C/C=C/N(CC)CC)S(=O)(=O)c1ccccc1. The number of hydrogen-bond acceptors (Lipinski definition) is 7. The summed E-state index contributed by atoms with van der Waals surface area (Å²) in [5.41, 5.74) is 2.95. The zero-order chi connectivity index (χ0) is 40.4. The largest absolute Gasteiger partial charge is 0.462 e. The standard InChI is InChI=1S/C23H35NO4S.C23H36O2/c1-4-7-8-9-10-14-20-28-23(25)22(18-15-19-24(5-2)6-3)29(26,27)21-16-12-11-13-17-21;1-7-11-12-18(8-2)13-14-19-15-20(17-23(5,6)16-19)21(9-3)22(24)25-10-4/h11-13,15-19H,4-10,14,20H2,1-3H3;3,15,18H,7-8,10-14,16-17H2,1-2,4-6H3/b19-15+,22-18-;21-20+. The highest BCUT2D eigenvalue weighted by atomic mass is 32.2. The van der Waals surface area contributed by atoms with E-state index in [0.717, 1.165) is 63.1 Å². The first-order valence-electron chi connectivity index (χ1n) is 20.5. The van der Waals surface area contributed by atoms with E-state index in [1.165, 1.54) is 75.1 Å². The molecular formula is C46H71NO6S. The van der Waals surface area contributed by atoms with E-state index in [2.05, 4.69) is 46.6 Å². The monoisotopic (exact) mass is 766 g/mol. The van der Waals surface area contributed by atoms with Crippen molar-refractivity contribution in [2.24, 2.45) is 11.3 Å². The van der Waals surface area contributed by atoms with Crippen molar-refractivity contribution in [1.29, 1.82) is 0 Å². The molecule has 0 heterocycles. The van der Waals surface area contributed by atoms with Gasteiger partial charge in [0, 0.05) is 13.1 Å². The summed E-state index contributed by atoms with van der Waals surface area (Å²) in [6.07, 6.45) is 28.3. The second-order valence-corrected chi connectivity index (χ2v) is 16.8. The summed E-state index contributed by atoms with van der Waals surface area (Å²) in [6, 6.07) is 7.98. The molecule has 1 aromatic carbocycles. The fourth-order valence-electron chi connectivity index (χ4n) is 6.58. The maximum absolute atomic E-state index is 13.0. The average molecular weight is 766 g/mol. The number of allylic oxidation sites excluding steroid dienone is 5. The van der Waals surface area contributed by atoms with Crippen molar-refractivity contribution in [2.45, 2.75) is 150 Å². The maximum atomic E-state index is 13.0. The molecule has 302 valence electrons. The number of ether oxygens (including phenoxy) is 2. The van der Waals surface area contributed by atoms with Crippen molar-refractivity contribution in [1.82, 2.24) is 4.90 Å². The maximum Gasteiger partial charge on any atom is 0.350 e. The molecule has 0 saturated heterocycles. The lowest BCUT2D eigenvalue weighted by atomic mass is 9.73. The van der Waals surface area contributed by atoms with Gasteiger partial charge in [-0.25, -0.2) is 18.0 Å². The summed E-state index contributed by atoms with van der Waals surface area (Å²) in [5, 5.41) is 0. The van der Waals surface area contributed by atoms with Gasteiger partial charge in [0.2, 0.25) is 9.84 Å². The molecule has 0 aromatic heterocycles. The second kappa shape index (κ2) is 27.1. The van der Waals surface area contributed by atoms with E-state index < -0.39 is 15.8 Å². The normalized spacial score (nSPS) is 15.7. The van der Waals surface area contributed by atoms with E-state index in [1.54, 1.807) is 30.5 Å². The van der Waals surface area contributed by atoms with Crippen LogP contribution in [-0.2, 0) is 28.9 Å². The Morgan fingerprint density at radius 1 is 0.870 bits per heavy atom. The van der Waals surface area contributed by atoms with Gasteiger partial charge >= 0.3 is 11.9 Å². The van der Waals surface area contributed by atoms with E-state index in [9.17, 15) is 18.0 Å². The van der Waals surface area contributed by atoms with Crippen LogP contribution >= 0.6 is 0 Å². The van der Waals surface area contributed by atoms with Crippen LogP contribution in [0.5, 0.6) is 0 Å². The van der Waals surface area contributed by atoms with Crippen molar-refractivity contribution in [3.05, 3.63) is 76.4 Å². The number of carbonyl (C=O) groups is 2. The zero-order valence-electron chi connectivity index (χ0n) is 34.9. The first-order valence-corrected chi connectivity index (χ1v) is 22.0. The Balaban J connectivity index is 0.000000546. The van der Waals surface area contributed by atoms with E-state index in [1.807, 2.05) is 25.7 Å². The van der Waals surface area contributed by atoms with Gasteiger partial charge in [0.25, 0.3) is 0 Å². The molecule has 1 atom stereocenters. The molecule has 1 aliphatic rings. The highest BCUT2D eigenvalue weighted by Crippen LogP contribution is 2.41. The number of carbonyl (C=O) groups excluding carboxylic acids is 2. The van der Waals surface area contributed by atoms with E-state index in [0.29, 0.717) is 12.2 Å². The minimum atomic E-state index is -3.95. The summed E-state index contributed by atoms with van der Waals surface area (Å²) >= 11 is 0. The summed E-state index contributed by atoms with van der Waals surface area (Å²) in [6.45, 7) is 19.2. The van der Waals surface area contributed by atoms with Gasteiger partial charge in [-0.2, -0.15) is 0 Å². The van der Waals surface area contributed by atoms with Crippen LogP contribution in [0.25, 0.3) is 0 Å². The Bertz CT molecular complexity index is 1520. The number of hydrogen-bond donors (Lipinski definition) is 0. The summed E-state index contributed by atoms with van der Waals surface area (Å²) in [4.78, 5) is 26.5. The van der Waals surface area contributed by atoms with Gasteiger partial charge in [0.1, 0.15) is 5.57 Å². The van der Waals surface area contributed by atoms with Gasteiger partial charge in [-0.15, -0.1) is 6.42 Å². The minimum Gasteiger partial charge on any atom is -0.462 e. The van der Waals surface area contributed by atoms with Gasteiger partial charge in [0.15, 0.2) is 4.91 Å². The minimum absolute atomic E-state index is 0.0824. The van der Waals surface area contributed by atoms with E-state index in [4.69, 9.17) is 15.9 Å². The molecule has 0 amide bonds. The number of rotatable bonds is 23. The molecule has 0 saturated carbocycles. The molecule has 1 unspecified atom stereocenters. The van der Waals surface area contributed by atoms with Crippen LogP contribution in [0, 0.1) is 23.7 Å². The van der Waals surface area contributed by atoms with E-state index >= 15 is 0 Å². The number of esters is 2. The Kier molecular flexibility index (Phi) is 24.3. The average Bonchev–Trinajstić information content (AvgIpc) is 3.15. The predicted molar refractivity (Wildman–Crippen MR) is 224 cm³/mol. The van der Waals surface area contributed by atoms with Crippen LogP contribution in [-0.4, -0.2) is 51.6 Å². The highest BCUT2D eigenvalue weighted by Gasteiger charge is 2.29. The molecule has 7 nitrogen and oxygen atoms in total. The molecule has 0 bridgehead atoms. The topological polar surface area (TPSA) is 90.0 Å². The molecule has 54 heavy (non-hydrogen) atoms. The lowest BCUT2D eigenvalue weighted by molar-refractivity contribution is -0.139. The quantitative estimate of drug-likeness (QED) is 0.0360. The number of terminal acetylenes is 1. The molecule has 8 heteroatoms. The Morgan fingerprint density at radius 3 is 2.11 bits per heavy atom. The predicted octanol–water partition coefficient (Wildman–Crippen LogP) is 11.3. The van der Waals surface area contributed by atoms with Crippen molar-refractivity contribution in [3.8, 4) is 12.3 Å². The van der Waals surface area contributed by atoms with Gasteiger partial charge in [-0.05, 0) is 100 Å². The fourth-order valence-corrected chi connectivity index (χ4v) is 7.89. The molecule has 1 aliphatic carbocycles. The smallest absolute Gasteiger partial charge is 0.350 e. The van der Waals surface area contributed by atoms with Crippen molar-refractivity contribution < 1.29 is 27.5 Å². The third kappa shape index (κ3) is 18.2. The third-order valence-corrected chi connectivity index (χ3v) is 11.5. The molecule has 2 rings (SSSR count). The number of nitrogens with zero attached hydrogens (tertiary/aromatic N) is 1. The Hall–Kier alpha value is -3.57. The van der Waals surface area contributed by atoms with Crippen molar-refractivity contribution >= 4 is 21.8 Å². The number of benzene rings is 1. The molecule has 0 N–H and O–H groups in total. The number of unbranched alkanes of at least 4 members (excludes halogenated alkanes) is 6. The van der Waals surface area contributed by atoms with Crippen molar-refractivity contribution in [2.75, 3.05) is 26.3 Å². The van der Waals surface area contributed by atoms with Crippen LogP contribution in [0.3, 0.4) is 0 Å². The molecule has 1 aromatic rings. The fraction of sp³-hybridized carbons (Fsp3) is 0.609. The Morgan fingerprint density at radius 2 is 1.52 bits per heavy atom. The first-order chi connectivity index (χ1) is 25.8. The Labute approximate surface area is 329 Å². The highest BCUT2D eigenvalue weighted by molar-refractivity contribution is 7.96. The first kappa shape index (κ1) is 48.4. The molecule has 0 spiro atoms. The molecular weight excluding hydrogens is 695 g/mol. The summed E-state index contributed by atoms with van der Waals surface area (Å²) in [7, 11) is -3.95. The van der Waals surface area contributed by atoms with Crippen LogP contribution in [0.2, 0.25) is 0 Å². The number of sulfone groups is 1. The second-order valence-electron chi connectivity index (χ2n) is 14.9. The van der Waals surface area contributed by atoms with Crippen molar-refractivity contribution in [3.63, 3.8) is 0 Å². The van der Waals surface area contributed by atoms with Crippen LogP contribution in [0.15, 0.2) is 81.3 Å². The van der Waals surface area contributed by atoms with Crippen LogP contribution in [0.4, 0.5) is 0 Å². The molecule has 0 aliphatic heterocycles. The molecule has 0 radical (unpaired) electrons. The zero-order valence-corrected chi connectivity index (χ0v) is 35.7. The summed E-state index contributed by atoms with van der Waals surface area (Å²) < 4.78 is 36.4. The van der Waals surface area contributed by atoms with Gasteiger partial charge in [-0.3, -0.25) is 0 Å². The molecule has 0 fully saturated rings. The van der Waals surface area contributed by atoms with Gasteiger partial charge in [0.05, 0.1) is 18.1 Å².